The Hall–Kier alpha value is -3.65. The van der Waals surface area contributed by atoms with Crippen molar-refractivity contribution in [3.63, 3.8) is 0 Å². The van der Waals surface area contributed by atoms with Gasteiger partial charge in [0.15, 0.2) is 11.6 Å². The molecular weight excluding hydrogens is 562 g/mol. The first-order chi connectivity index (χ1) is 18.5. The highest BCUT2D eigenvalue weighted by atomic mass is 32.1. The molecule has 0 radical (unpaired) electrons. The van der Waals surface area contributed by atoms with Crippen LogP contribution in [-0.4, -0.2) is 34.0 Å². The summed E-state index contributed by atoms with van der Waals surface area (Å²) in [5.74, 6) is 2.57. The van der Waals surface area contributed by atoms with Crippen molar-refractivity contribution in [1.29, 1.82) is 0 Å². The number of anilines is 1. The number of amidine groups is 1. The van der Waals surface area contributed by atoms with Gasteiger partial charge in [-0.2, -0.15) is 40.3 Å². The molecule has 0 amide bonds. The van der Waals surface area contributed by atoms with Crippen molar-refractivity contribution in [2.45, 2.75) is 26.1 Å². The lowest BCUT2D eigenvalue weighted by Crippen LogP contribution is -2.35. The lowest BCUT2D eigenvalue weighted by Gasteiger charge is -2.25. The van der Waals surface area contributed by atoms with Crippen LogP contribution in [0.15, 0.2) is 57.1 Å². The van der Waals surface area contributed by atoms with Crippen LogP contribution >= 0.6 is 18.9 Å². The number of aromatic nitrogens is 2. The molecule has 208 valence electrons. The summed E-state index contributed by atoms with van der Waals surface area (Å²) >= 11 is 1.29. The summed E-state index contributed by atoms with van der Waals surface area (Å²) in [6.07, 6.45) is -2.68. The lowest BCUT2D eigenvalue weighted by molar-refractivity contribution is -0.171. The molecule has 0 saturated heterocycles. The summed E-state index contributed by atoms with van der Waals surface area (Å²) in [6, 6.07) is 6.02. The molecule has 2 atom stereocenters. The number of aromatic hydroxyl groups is 1. The Morgan fingerprint density at radius 2 is 2.08 bits per heavy atom. The fourth-order valence-corrected chi connectivity index (χ4v) is 5.82. The number of ether oxygens (including phenoxy) is 1. The Morgan fingerprint density at radius 3 is 2.72 bits per heavy atom. The van der Waals surface area contributed by atoms with Crippen LogP contribution in [0.2, 0.25) is 0 Å². The average Bonchev–Trinajstić information content (AvgIpc) is 3.43. The molecule has 11 nitrogen and oxygen atoms in total. The molecule has 0 bridgehead atoms. The molecule has 4 rings (SSSR count). The van der Waals surface area contributed by atoms with Gasteiger partial charge >= 0.3 is 13.7 Å². The molecule has 1 aliphatic rings. The second-order valence-electron chi connectivity index (χ2n) is 8.33. The number of hydrogen-bond acceptors (Lipinski definition) is 10. The average molecular weight is 586 g/mol. The third-order valence-corrected chi connectivity index (χ3v) is 8.46. The van der Waals surface area contributed by atoms with Gasteiger partial charge in [-0.25, -0.2) is 4.68 Å². The number of halogens is 3. The zero-order valence-electron chi connectivity index (χ0n) is 20.5. The van der Waals surface area contributed by atoms with E-state index in [-0.39, 0.29) is 28.3 Å². The number of thiophene rings is 1. The van der Waals surface area contributed by atoms with E-state index in [1.807, 2.05) is 0 Å². The third kappa shape index (κ3) is 5.86. The number of fused-ring (bicyclic) bond motifs is 1. The summed E-state index contributed by atoms with van der Waals surface area (Å²) in [5.41, 5.74) is -0.728. The molecule has 39 heavy (non-hydrogen) atoms. The van der Waals surface area contributed by atoms with Gasteiger partial charge in [0.25, 0.3) is 5.56 Å². The maximum atomic E-state index is 13.7. The van der Waals surface area contributed by atoms with Crippen LogP contribution in [0, 0.1) is 5.92 Å². The molecule has 1 aromatic carbocycles. The van der Waals surface area contributed by atoms with E-state index in [4.69, 9.17) is 15.2 Å². The fraction of sp³-hybridized carbons (Fsp3) is 0.261. The summed E-state index contributed by atoms with van der Waals surface area (Å²) < 4.78 is 68.7. The Balaban J connectivity index is 1.83. The molecule has 1 aliphatic heterocycles. The molecule has 16 heteroatoms. The van der Waals surface area contributed by atoms with Crippen molar-refractivity contribution in [2.75, 3.05) is 12.4 Å². The minimum Gasteiger partial charge on any atom is -0.505 e. The number of aryl methyl sites for hydroxylation is 1. The Kier molecular flexibility index (Phi) is 8.16. The van der Waals surface area contributed by atoms with Crippen molar-refractivity contribution < 1.29 is 36.9 Å². The summed E-state index contributed by atoms with van der Waals surface area (Å²) in [6.45, 7) is 0.609. The second-order valence-corrected chi connectivity index (χ2v) is 11.2. The van der Waals surface area contributed by atoms with E-state index in [0.717, 1.165) is 31.2 Å². The van der Waals surface area contributed by atoms with Gasteiger partial charge in [-0.05, 0) is 36.1 Å². The van der Waals surface area contributed by atoms with Crippen molar-refractivity contribution in [2.24, 2.45) is 16.6 Å². The number of nitrogens with two attached hydrogens (primary N) is 1. The van der Waals surface area contributed by atoms with Crippen LogP contribution in [0.3, 0.4) is 0 Å². The van der Waals surface area contributed by atoms with Gasteiger partial charge < -0.3 is 24.5 Å². The molecule has 4 N–H and O–H groups in total. The molecule has 3 aromatic rings. The molecule has 3 heterocycles. The second kappa shape index (κ2) is 11.2. The number of alkyl halides is 3. The number of rotatable bonds is 9. The van der Waals surface area contributed by atoms with E-state index >= 15 is 0 Å². The van der Waals surface area contributed by atoms with Gasteiger partial charge in [0.05, 0.1) is 16.9 Å². The van der Waals surface area contributed by atoms with Crippen molar-refractivity contribution >= 4 is 35.7 Å². The maximum Gasteiger partial charge on any atom is 0.391 e. The van der Waals surface area contributed by atoms with Crippen LogP contribution in [0.5, 0.6) is 11.5 Å². The van der Waals surface area contributed by atoms with E-state index in [2.05, 4.69) is 20.0 Å². The van der Waals surface area contributed by atoms with E-state index in [9.17, 15) is 27.6 Å². The Morgan fingerprint density at radius 1 is 1.31 bits per heavy atom. The molecule has 2 aromatic heterocycles. The molecular formula is C23H23F3N5O6PS. The van der Waals surface area contributed by atoms with E-state index < -0.39 is 49.5 Å². The highest BCUT2D eigenvalue weighted by Crippen LogP contribution is 2.52. The molecule has 0 fully saturated rings. The minimum atomic E-state index is -4.46. The van der Waals surface area contributed by atoms with E-state index in [0.29, 0.717) is 5.56 Å². The van der Waals surface area contributed by atoms with Gasteiger partial charge in [0.1, 0.15) is 29.5 Å². The number of nitrogens with one attached hydrogen (secondary N) is 1. The largest absolute Gasteiger partial charge is 0.505 e. The highest BCUT2D eigenvalue weighted by molar-refractivity contribution is 7.66. The normalized spacial score (nSPS) is 17.8. The smallest absolute Gasteiger partial charge is 0.391 e. The standard InChI is InChI=1S/C23H23F3N5O6PS/c1-13(23(24,25)26)5-7-31-22(33)18(20(32)19(29-31)14-6-10-39-12-14)21-28-16-4-3-15(36-8-9-37-27)11-17(16)38(34,30-21)35-2/h3-4,6,8-13,32H,5,7,27H2,1-2H3,(H,28,30,34)/b9-8+. The zero-order chi connectivity index (χ0) is 28.4. The zero-order valence-corrected chi connectivity index (χ0v) is 22.2. The SMILES string of the molecule is COP1(=O)N=C(c2c(O)c(-c3ccsc3)nn(CCC(C)C(F)(F)F)c2=O)Nc2ccc(O/C=C/ON)cc21. The van der Waals surface area contributed by atoms with Gasteiger partial charge in [-0.3, -0.25) is 9.36 Å². The summed E-state index contributed by atoms with van der Waals surface area (Å²) in [4.78, 5) is 17.7. The highest BCUT2D eigenvalue weighted by Gasteiger charge is 2.37. The van der Waals surface area contributed by atoms with Crippen molar-refractivity contribution in [3.8, 4) is 22.8 Å². The monoisotopic (exact) mass is 585 g/mol. The van der Waals surface area contributed by atoms with Gasteiger partial charge in [-0.15, -0.1) is 0 Å². The Labute approximate surface area is 223 Å². The van der Waals surface area contributed by atoms with Gasteiger partial charge in [-0.1, -0.05) is 6.92 Å². The fourth-order valence-electron chi connectivity index (χ4n) is 3.65. The predicted octanol–water partition coefficient (Wildman–Crippen LogP) is 4.34. The predicted molar refractivity (Wildman–Crippen MR) is 139 cm³/mol. The van der Waals surface area contributed by atoms with E-state index in [1.54, 1.807) is 16.8 Å². The first kappa shape index (κ1) is 28.4. The third-order valence-electron chi connectivity index (χ3n) is 5.84. The van der Waals surface area contributed by atoms with Crippen molar-refractivity contribution in [1.82, 2.24) is 9.78 Å². The Bertz CT molecular complexity index is 1520. The van der Waals surface area contributed by atoms with Gasteiger partial charge in [0, 0.05) is 24.6 Å². The topological polar surface area (TPSA) is 150 Å². The maximum absolute atomic E-state index is 13.7. The molecule has 0 aliphatic carbocycles. The summed E-state index contributed by atoms with van der Waals surface area (Å²) in [7, 11) is -2.86. The number of nitrogens with zero attached hydrogens (tertiary/aromatic N) is 3. The first-order valence-electron chi connectivity index (χ1n) is 11.3. The minimum absolute atomic E-state index is 0.0503. The van der Waals surface area contributed by atoms with Gasteiger partial charge in [0.2, 0.25) is 0 Å². The van der Waals surface area contributed by atoms with Crippen LogP contribution in [0.25, 0.3) is 11.3 Å². The summed E-state index contributed by atoms with van der Waals surface area (Å²) in [5, 5.41) is 21.6. The number of benzene rings is 1. The molecule has 0 saturated carbocycles. The lowest BCUT2D eigenvalue weighted by atomic mass is 10.1. The first-order valence-corrected chi connectivity index (χ1v) is 13.8. The molecule has 0 spiro atoms. The van der Waals surface area contributed by atoms with Crippen LogP contribution in [0.1, 0.15) is 18.9 Å². The quantitative estimate of drug-likeness (QED) is 0.189. The van der Waals surface area contributed by atoms with Crippen LogP contribution in [-0.2, 0) is 20.5 Å². The van der Waals surface area contributed by atoms with Crippen LogP contribution in [0.4, 0.5) is 18.9 Å². The van der Waals surface area contributed by atoms with Crippen LogP contribution < -0.4 is 26.8 Å². The van der Waals surface area contributed by atoms with E-state index in [1.165, 1.54) is 29.5 Å². The molecule has 2 unspecified atom stereocenters. The number of hydrogen-bond donors (Lipinski definition) is 3. The van der Waals surface area contributed by atoms with Crippen molar-refractivity contribution in [3.05, 3.63) is 63.5 Å².